The van der Waals surface area contributed by atoms with Gasteiger partial charge in [-0.2, -0.15) is 0 Å². The molecule has 0 nitrogen and oxygen atoms in total. The van der Waals surface area contributed by atoms with Crippen molar-refractivity contribution in [3.8, 4) is 0 Å². The first-order valence-corrected chi connectivity index (χ1v) is 5.24. The van der Waals surface area contributed by atoms with Crippen LogP contribution in [0.4, 0.5) is 17.3 Å². The number of hydrogen-bond acceptors (Lipinski definition) is 0. The van der Waals surface area contributed by atoms with Crippen molar-refractivity contribution in [1.82, 2.24) is 0 Å². The van der Waals surface area contributed by atoms with Crippen molar-refractivity contribution in [2.24, 2.45) is 0 Å². The summed E-state index contributed by atoms with van der Waals surface area (Å²) in [6.07, 6.45) is 3.00. The zero-order valence-electron chi connectivity index (χ0n) is 8.10. The summed E-state index contributed by atoms with van der Waals surface area (Å²) in [6.45, 7) is 3.69. The van der Waals surface area contributed by atoms with Gasteiger partial charge >= 0.3 is 7.25 Å². The minimum atomic E-state index is -6.00. The fourth-order valence-electron chi connectivity index (χ4n) is 0.820. The molecule has 0 amide bonds. The smallest absolute Gasteiger partial charge is 0.418 e. The molecule has 0 aliphatic rings. The second kappa shape index (κ2) is 6.62. The van der Waals surface area contributed by atoms with Crippen LogP contribution in [0.2, 0.25) is 0 Å². The first-order chi connectivity index (χ1) is 6.86. The van der Waals surface area contributed by atoms with Crippen molar-refractivity contribution in [1.29, 1.82) is 0 Å². The lowest BCUT2D eigenvalue weighted by molar-refractivity contribution is 0.368. The molecule has 0 heterocycles. The van der Waals surface area contributed by atoms with Crippen molar-refractivity contribution in [2.75, 3.05) is 0 Å². The first-order valence-electron chi connectivity index (χ1n) is 4.24. The normalized spacial score (nSPS) is 10.4. The third-order valence-corrected chi connectivity index (χ3v) is 2.08. The van der Waals surface area contributed by atoms with Crippen LogP contribution in [-0.2, 0) is 6.16 Å². The summed E-state index contributed by atoms with van der Waals surface area (Å²) >= 11 is 0. The number of rotatable bonds is 2. The standard InChI is InChI=1S/C9H11P.BF4/c1-2-8-3-5-9(7-10)6-4-8;2-1(3,4)5/h2-6H,1,7,10H2;/q;-1/p+1. The molecule has 0 N–H and O–H groups in total. The van der Waals surface area contributed by atoms with Crippen LogP contribution in [0.1, 0.15) is 11.1 Å². The first kappa shape index (κ1) is 14.2. The summed E-state index contributed by atoms with van der Waals surface area (Å²) in [4.78, 5) is 0. The number of halogens is 4. The predicted octanol–water partition coefficient (Wildman–Crippen LogP) is 3.74. The van der Waals surface area contributed by atoms with E-state index in [4.69, 9.17) is 0 Å². The minimum absolute atomic E-state index is 1.14. The maximum atomic E-state index is 9.75. The Morgan fingerprint density at radius 3 is 1.80 bits per heavy atom. The molecule has 0 saturated heterocycles. The Morgan fingerprint density at radius 1 is 1.13 bits per heavy atom. The Labute approximate surface area is 88.7 Å². The summed E-state index contributed by atoms with van der Waals surface area (Å²) in [5.74, 6) is 0. The highest BCUT2D eigenvalue weighted by Crippen LogP contribution is 2.08. The molecular formula is C9H12BF4P. The quantitative estimate of drug-likeness (QED) is 0.418. The van der Waals surface area contributed by atoms with E-state index in [1.807, 2.05) is 15.3 Å². The van der Waals surface area contributed by atoms with Gasteiger partial charge in [0.05, 0.1) is 6.16 Å². The van der Waals surface area contributed by atoms with Crippen LogP contribution in [0.25, 0.3) is 6.08 Å². The molecule has 0 saturated carbocycles. The summed E-state index contributed by atoms with van der Waals surface area (Å²) in [6, 6.07) is 8.47. The minimum Gasteiger partial charge on any atom is -0.418 e. The maximum Gasteiger partial charge on any atom is 0.673 e. The third-order valence-electron chi connectivity index (χ3n) is 1.50. The Morgan fingerprint density at radius 2 is 1.53 bits per heavy atom. The van der Waals surface area contributed by atoms with Crippen molar-refractivity contribution >= 4 is 22.6 Å². The Balaban J connectivity index is 0.000000336. The van der Waals surface area contributed by atoms with E-state index in [2.05, 4.69) is 30.8 Å². The second-order valence-electron chi connectivity index (χ2n) is 2.69. The molecule has 1 atom stereocenters. The van der Waals surface area contributed by atoms with Gasteiger partial charge in [-0.3, -0.25) is 0 Å². The molecular weight excluding hydrogens is 226 g/mol. The average molecular weight is 238 g/mol. The van der Waals surface area contributed by atoms with Gasteiger partial charge in [0, 0.05) is 0 Å². The molecule has 1 unspecified atom stereocenters. The monoisotopic (exact) mass is 238 g/mol. The van der Waals surface area contributed by atoms with Crippen LogP contribution < -0.4 is 0 Å². The van der Waals surface area contributed by atoms with Crippen LogP contribution in [0, 0.1) is 0 Å². The topological polar surface area (TPSA) is 0 Å². The predicted molar refractivity (Wildman–Crippen MR) is 61.5 cm³/mol. The summed E-state index contributed by atoms with van der Waals surface area (Å²) in [5, 5.41) is 0. The molecule has 0 aliphatic heterocycles. The van der Waals surface area contributed by atoms with Crippen LogP contribution in [0.5, 0.6) is 0 Å². The van der Waals surface area contributed by atoms with Gasteiger partial charge in [-0.15, -0.1) is 0 Å². The lowest BCUT2D eigenvalue weighted by Crippen LogP contribution is -2.02. The lowest BCUT2D eigenvalue weighted by Gasteiger charge is -1.94. The van der Waals surface area contributed by atoms with Gasteiger partial charge < -0.3 is 17.3 Å². The highest BCUT2D eigenvalue weighted by Gasteiger charge is 2.20. The van der Waals surface area contributed by atoms with Gasteiger partial charge in [0.2, 0.25) is 0 Å². The SMILES string of the molecule is C=Cc1ccc(C[PH3+])cc1.F[B-](F)(F)F. The highest BCUT2D eigenvalue weighted by atomic mass is 31.0. The average Bonchev–Trinajstić information content (AvgIpc) is 2.15. The molecule has 0 spiro atoms. The van der Waals surface area contributed by atoms with Gasteiger partial charge in [-0.25, -0.2) is 0 Å². The van der Waals surface area contributed by atoms with E-state index < -0.39 is 7.25 Å². The molecule has 0 fully saturated rings. The molecule has 0 aliphatic carbocycles. The Kier molecular flexibility index (Phi) is 6.26. The molecule has 6 heteroatoms. The van der Waals surface area contributed by atoms with Crippen LogP contribution in [-0.4, -0.2) is 7.25 Å². The molecule has 0 radical (unpaired) electrons. The maximum absolute atomic E-state index is 9.75. The van der Waals surface area contributed by atoms with E-state index in [9.17, 15) is 17.3 Å². The van der Waals surface area contributed by atoms with E-state index in [-0.39, 0.29) is 0 Å². The van der Waals surface area contributed by atoms with E-state index in [1.165, 1.54) is 11.1 Å². The zero-order chi connectivity index (χ0) is 11.9. The molecule has 1 aromatic carbocycles. The fourth-order valence-corrected chi connectivity index (χ4v) is 1.15. The van der Waals surface area contributed by atoms with Gasteiger partial charge in [0.15, 0.2) is 0 Å². The van der Waals surface area contributed by atoms with Crippen LogP contribution >= 0.6 is 9.24 Å². The number of hydrogen-bond donors (Lipinski definition) is 0. The van der Waals surface area contributed by atoms with Crippen molar-refractivity contribution < 1.29 is 17.3 Å². The molecule has 1 rings (SSSR count). The molecule has 0 aromatic heterocycles. The van der Waals surface area contributed by atoms with Crippen LogP contribution in [0.15, 0.2) is 30.8 Å². The van der Waals surface area contributed by atoms with E-state index in [0.29, 0.717) is 0 Å². The van der Waals surface area contributed by atoms with Crippen molar-refractivity contribution in [3.05, 3.63) is 42.0 Å². The van der Waals surface area contributed by atoms with Gasteiger partial charge in [0.25, 0.3) is 0 Å². The number of benzene rings is 1. The Bertz CT molecular complexity index is 288. The molecule has 15 heavy (non-hydrogen) atoms. The molecule has 0 bridgehead atoms. The largest absolute Gasteiger partial charge is 0.673 e. The van der Waals surface area contributed by atoms with Crippen LogP contribution in [0.3, 0.4) is 0 Å². The summed E-state index contributed by atoms with van der Waals surface area (Å²) in [7, 11) is -4.03. The highest BCUT2D eigenvalue weighted by molar-refractivity contribution is 7.15. The van der Waals surface area contributed by atoms with Gasteiger partial charge in [-0.05, 0) is 20.4 Å². The summed E-state index contributed by atoms with van der Waals surface area (Å²) < 4.78 is 39.0. The van der Waals surface area contributed by atoms with Gasteiger partial charge in [-0.1, -0.05) is 36.9 Å². The Hall–Kier alpha value is -0.825. The van der Waals surface area contributed by atoms with Crippen molar-refractivity contribution in [2.45, 2.75) is 6.16 Å². The second-order valence-corrected chi connectivity index (χ2v) is 3.19. The van der Waals surface area contributed by atoms with E-state index in [0.717, 1.165) is 6.16 Å². The zero-order valence-corrected chi connectivity index (χ0v) is 9.51. The lowest BCUT2D eigenvalue weighted by atomic mass is 10.1. The fraction of sp³-hybridized carbons (Fsp3) is 0.111. The van der Waals surface area contributed by atoms with Gasteiger partial charge in [0.1, 0.15) is 0 Å². The van der Waals surface area contributed by atoms with Crippen molar-refractivity contribution in [3.63, 3.8) is 0 Å². The van der Waals surface area contributed by atoms with E-state index in [1.54, 1.807) is 0 Å². The summed E-state index contributed by atoms with van der Waals surface area (Å²) in [5.41, 5.74) is 2.59. The molecule has 84 valence electrons. The third kappa shape index (κ3) is 9.48. The van der Waals surface area contributed by atoms with E-state index >= 15 is 0 Å². The molecule has 1 aromatic rings.